The van der Waals surface area contributed by atoms with Crippen LogP contribution in [0.3, 0.4) is 0 Å². The molecule has 7 nitrogen and oxygen atoms in total. The van der Waals surface area contributed by atoms with E-state index in [1.165, 1.54) is 12.8 Å². The molecule has 1 N–H and O–H groups in total. The number of nitrogens with one attached hydrogen (secondary N) is 1. The Hall–Kier alpha value is -3.73. The molecule has 2 aliphatic rings. The van der Waals surface area contributed by atoms with Crippen LogP contribution in [0.1, 0.15) is 15.9 Å². The van der Waals surface area contributed by atoms with Gasteiger partial charge >= 0.3 is 6.18 Å². The van der Waals surface area contributed by atoms with Crippen molar-refractivity contribution in [1.82, 2.24) is 10.5 Å². The zero-order valence-electron chi connectivity index (χ0n) is 15.2. The first-order chi connectivity index (χ1) is 14.2. The zero-order chi connectivity index (χ0) is 21.9. The van der Waals surface area contributed by atoms with E-state index < -0.39 is 34.9 Å². The lowest BCUT2D eigenvalue weighted by Crippen LogP contribution is -2.19. The molecule has 1 aromatic carbocycles. The fourth-order valence-electron chi connectivity index (χ4n) is 2.34. The Morgan fingerprint density at radius 3 is 2.47 bits per heavy atom. The molecule has 0 fully saturated rings. The van der Waals surface area contributed by atoms with Gasteiger partial charge in [-0.25, -0.2) is 9.37 Å². The Kier molecular flexibility index (Phi) is 5.83. The Labute approximate surface area is 167 Å². The Morgan fingerprint density at radius 2 is 1.97 bits per heavy atom. The number of ether oxygens (including phenoxy) is 2. The number of methoxy groups -OCH3 is 1. The fraction of sp³-hybridized carbons (Fsp3) is 0.105. The monoisotopic (exact) mass is 423 g/mol. The van der Waals surface area contributed by atoms with Crippen LogP contribution in [-0.4, -0.2) is 18.0 Å². The van der Waals surface area contributed by atoms with Crippen LogP contribution < -0.4 is 19.5 Å². The SMILES string of the molecule is COc1cc(F)ccc1Oc1ncc(C(F)(F)F)cc1C(=O)N[O-].c1cc2c[n+]-2c1. The number of aromatic nitrogens is 2. The van der Waals surface area contributed by atoms with E-state index in [0.29, 0.717) is 12.3 Å². The summed E-state index contributed by atoms with van der Waals surface area (Å²) in [5, 5.41) is 10.5. The van der Waals surface area contributed by atoms with Gasteiger partial charge in [0.25, 0.3) is 5.69 Å². The number of nitrogens with zero attached hydrogens (tertiary/aromatic N) is 2. The lowest BCUT2D eigenvalue weighted by molar-refractivity contribution is -0.518. The topological polar surface area (TPSA) is 87.4 Å². The van der Waals surface area contributed by atoms with E-state index in [-0.39, 0.29) is 11.5 Å². The van der Waals surface area contributed by atoms with E-state index >= 15 is 0 Å². The number of hydrogen-bond donors (Lipinski definition) is 1. The van der Waals surface area contributed by atoms with E-state index in [0.717, 1.165) is 23.7 Å². The molecule has 4 rings (SSSR count). The van der Waals surface area contributed by atoms with Gasteiger partial charge in [-0.3, -0.25) is 4.79 Å². The Balaban J connectivity index is 0.000000357. The highest BCUT2D eigenvalue weighted by molar-refractivity contribution is 5.96. The molecule has 30 heavy (non-hydrogen) atoms. The quantitative estimate of drug-likeness (QED) is 0.308. The largest absolute Gasteiger partial charge is 0.759 e. The van der Waals surface area contributed by atoms with Crippen molar-refractivity contribution in [2.45, 2.75) is 6.18 Å². The van der Waals surface area contributed by atoms with Crippen LogP contribution in [0.25, 0.3) is 5.69 Å². The average Bonchev–Trinajstić information content (AvgIpc) is 3.33. The molecule has 2 aliphatic heterocycles. The maximum Gasteiger partial charge on any atom is 0.417 e. The summed E-state index contributed by atoms with van der Waals surface area (Å²) in [5.41, 5.74) is 0.332. The number of halogens is 4. The number of benzene rings is 1. The van der Waals surface area contributed by atoms with Crippen molar-refractivity contribution in [1.29, 1.82) is 0 Å². The molecular weight excluding hydrogens is 410 g/mol. The molecule has 0 saturated heterocycles. The van der Waals surface area contributed by atoms with Crippen LogP contribution in [0.4, 0.5) is 17.6 Å². The number of alkyl halides is 3. The maximum atomic E-state index is 13.1. The molecule has 11 heteroatoms. The second-order valence-electron chi connectivity index (χ2n) is 5.87. The lowest BCUT2D eigenvalue weighted by Gasteiger charge is -2.15. The van der Waals surface area contributed by atoms with Gasteiger partial charge in [-0.15, -0.1) is 0 Å². The van der Waals surface area contributed by atoms with Crippen molar-refractivity contribution in [2.75, 3.05) is 7.11 Å². The summed E-state index contributed by atoms with van der Waals surface area (Å²) in [4.78, 5) is 14.9. The van der Waals surface area contributed by atoms with Gasteiger partial charge in [0.15, 0.2) is 17.7 Å². The third-order valence-electron chi connectivity index (χ3n) is 3.86. The maximum absolute atomic E-state index is 13.1. The van der Waals surface area contributed by atoms with Crippen molar-refractivity contribution < 1.29 is 36.4 Å². The van der Waals surface area contributed by atoms with Crippen molar-refractivity contribution in [3.8, 4) is 23.1 Å². The van der Waals surface area contributed by atoms with Gasteiger partial charge in [-0.2, -0.15) is 17.7 Å². The number of amides is 1. The summed E-state index contributed by atoms with van der Waals surface area (Å²) in [7, 11) is 1.22. The summed E-state index contributed by atoms with van der Waals surface area (Å²) in [6.45, 7) is 0. The summed E-state index contributed by atoms with van der Waals surface area (Å²) < 4.78 is 63.4. The van der Waals surface area contributed by atoms with Crippen LogP contribution in [0.5, 0.6) is 17.4 Å². The molecule has 156 valence electrons. The average molecular weight is 423 g/mol. The van der Waals surface area contributed by atoms with Gasteiger partial charge in [0.1, 0.15) is 11.4 Å². The second-order valence-corrected chi connectivity index (χ2v) is 5.87. The number of rotatable bonds is 4. The normalized spacial score (nSPS) is 11.1. The Bertz CT molecular complexity index is 1070. The highest BCUT2D eigenvalue weighted by Gasteiger charge is 2.33. The molecule has 2 aromatic rings. The van der Waals surface area contributed by atoms with Gasteiger partial charge < -0.3 is 20.2 Å². The predicted molar refractivity (Wildman–Crippen MR) is 94.6 cm³/mol. The lowest BCUT2D eigenvalue weighted by atomic mass is 10.2. The minimum atomic E-state index is -4.77. The van der Waals surface area contributed by atoms with Crippen LogP contribution in [0.2, 0.25) is 0 Å². The van der Waals surface area contributed by atoms with Gasteiger partial charge in [-0.05, 0) is 18.2 Å². The smallest absolute Gasteiger partial charge is 0.417 e. The minimum absolute atomic E-state index is 0.0785. The molecule has 0 atom stereocenters. The number of carbonyl (C=O) groups is 1. The zero-order valence-corrected chi connectivity index (χ0v) is 15.2. The van der Waals surface area contributed by atoms with Crippen molar-refractivity contribution in [3.63, 3.8) is 0 Å². The summed E-state index contributed by atoms with van der Waals surface area (Å²) in [5.74, 6) is -2.76. The van der Waals surface area contributed by atoms with Crippen LogP contribution >= 0.6 is 0 Å². The molecule has 3 heterocycles. The minimum Gasteiger partial charge on any atom is -0.759 e. The third-order valence-corrected chi connectivity index (χ3v) is 3.86. The predicted octanol–water partition coefficient (Wildman–Crippen LogP) is 3.54. The van der Waals surface area contributed by atoms with Crippen LogP contribution in [-0.2, 0) is 6.18 Å². The van der Waals surface area contributed by atoms with Crippen molar-refractivity contribution in [2.24, 2.45) is 0 Å². The first-order valence-electron chi connectivity index (χ1n) is 8.25. The Morgan fingerprint density at radius 1 is 1.20 bits per heavy atom. The van der Waals surface area contributed by atoms with E-state index in [4.69, 9.17) is 9.47 Å². The van der Waals surface area contributed by atoms with Gasteiger partial charge in [0.05, 0.1) is 12.7 Å². The molecule has 0 radical (unpaired) electrons. The molecule has 0 unspecified atom stereocenters. The number of carbonyl (C=O) groups excluding carboxylic acids is 1. The fourth-order valence-corrected chi connectivity index (χ4v) is 2.34. The van der Waals surface area contributed by atoms with E-state index in [2.05, 4.69) is 21.8 Å². The highest BCUT2D eigenvalue weighted by Crippen LogP contribution is 2.35. The number of fused-ring (bicyclic) bond motifs is 1. The summed E-state index contributed by atoms with van der Waals surface area (Å²) >= 11 is 0. The second kappa shape index (κ2) is 8.33. The molecule has 0 aliphatic carbocycles. The molecule has 0 spiro atoms. The molecule has 0 bridgehead atoms. The van der Waals surface area contributed by atoms with Crippen LogP contribution in [0.15, 0.2) is 55.0 Å². The van der Waals surface area contributed by atoms with Crippen molar-refractivity contribution >= 4 is 5.91 Å². The van der Waals surface area contributed by atoms with E-state index in [1.54, 1.807) is 0 Å². The number of pyridine rings is 2. The van der Waals surface area contributed by atoms with Gasteiger partial charge in [0, 0.05) is 24.4 Å². The molecule has 1 aromatic heterocycles. The molecule has 1 amide bonds. The first kappa shape index (κ1) is 21.0. The molecule has 0 saturated carbocycles. The van der Waals surface area contributed by atoms with Crippen molar-refractivity contribution in [3.05, 3.63) is 77.1 Å². The van der Waals surface area contributed by atoms with E-state index in [1.807, 2.05) is 12.3 Å². The van der Waals surface area contributed by atoms with Gasteiger partial charge in [-0.1, -0.05) is 0 Å². The van der Waals surface area contributed by atoms with E-state index in [9.17, 15) is 27.6 Å². The van der Waals surface area contributed by atoms with Crippen LogP contribution in [0, 0.1) is 11.0 Å². The highest BCUT2D eigenvalue weighted by atomic mass is 19.4. The standard InChI is InChI=1S/C14H9F4N2O4.C5H4N/c1-23-11-5-8(15)2-3-10(11)24-13-9(12(21)20-22)4-7(6-19-13)14(16,17)18;1-2-5-4-6(5)3-1/h2-6H,1H3,(H-,20,21,22);1-4H/q-1;+1. The van der Waals surface area contributed by atoms with Gasteiger partial charge in [0.2, 0.25) is 18.0 Å². The summed E-state index contributed by atoms with van der Waals surface area (Å²) in [6.07, 6.45) is -0.209. The third kappa shape index (κ3) is 4.81. The summed E-state index contributed by atoms with van der Waals surface area (Å²) in [6, 6.07) is 7.65. The number of hydrogen-bond acceptors (Lipinski definition) is 5. The first-order valence-corrected chi connectivity index (χ1v) is 8.25. The molecular formula is C19H13F4N3O4. The number of hydroxylamine groups is 1.